The van der Waals surface area contributed by atoms with Crippen molar-refractivity contribution in [1.29, 1.82) is 0 Å². The van der Waals surface area contributed by atoms with Crippen molar-refractivity contribution in [3.63, 3.8) is 0 Å². The molecule has 20 heavy (non-hydrogen) atoms. The van der Waals surface area contributed by atoms with Gasteiger partial charge in [0.1, 0.15) is 0 Å². The maximum Gasteiger partial charge on any atom is 0.0951 e. The Morgan fingerprint density at radius 3 is 2.80 bits per heavy atom. The monoisotopic (exact) mass is 280 g/mol. The molecule has 0 radical (unpaired) electrons. The van der Waals surface area contributed by atoms with Gasteiger partial charge in [-0.1, -0.05) is 13.8 Å². The molecule has 114 valence electrons. The van der Waals surface area contributed by atoms with Gasteiger partial charge in [-0.25, -0.2) is 4.98 Å². The van der Waals surface area contributed by atoms with Gasteiger partial charge >= 0.3 is 0 Å². The molecule has 5 nitrogen and oxygen atoms in total. The van der Waals surface area contributed by atoms with Crippen molar-refractivity contribution in [2.24, 2.45) is 11.7 Å². The van der Waals surface area contributed by atoms with Crippen LogP contribution in [-0.2, 0) is 4.74 Å². The molecule has 1 fully saturated rings. The molecule has 0 spiro atoms. The molecular formula is C15H28N4O. The summed E-state index contributed by atoms with van der Waals surface area (Å²) in [5.74, 6) is 0.609. The van der Waals surface area contributed by atoms with Crippen LogP contribution in [0.3, 0.4) is 0 Å². The average Bonchev–Trinajstić information content (AvgIpc) is 3.15. The van der Waals surface area contributed by atoms with Gasteiger partial charge in [0, 0.05) is 39.0 Å². The molecule has 2 rings (SSSR count). The minimum Gasteiger partial charge on any atom is -0.383 e. The minimum atomic E-state index is 0.232. The van der Waals surface area contributed by atoms with E-state index in [1.54, 1.807) is 7.11 Å². The number of ether oxygens (including phenoxy) is 1. The topological polar surface area (TPSA) is 56.3 Å². The van der Waals surface area contributed by atoms with Gasteiger partial charge in [-0.2, -0.15) is 0 Å². The summed E-state index contributed by atoms with van der Waals surface area (Å²) in [4.78, 5) is 6.78. The summed E-state index contributed by atoms with van der Waals surface area (Å²) in [5.41, 5.74) is 7.33. The Morgan fingerprint density at radius 1 is 1.50 bits per heavy atom. The molecule has 0 bridgehead atoms. The zero-order valence-corrected chi connectivity index (χ0v) is 13.0. The molecule has 1 heterocycles. The smallest absolute Gasteiger partial charge is 0.0951 e. The summed E-state index contributed by atoms with van der Waals surface area (Å²) in [6, 6.07) is 0.875. The van der Waals surface area contributed by atoms with Crippen LogP contribution < -0.4 is 5.73 Å². The van der Waals surface area contributed by atoms with Crippen LogP contribution >= 0.6 is 0 Å². The second-order valence-electron chi connectivity index (χ2n) is 6.09. The third kappa shape index (κ3) is 3.81. The lowest BCUT2D eigenvalue weighted by atomic mass is 10.1. The highest BCUT2D eigenvalue weighted by Gasteiger charge is 2.30. The van der Waals surface area contributed by atoms with Crippen molar-refractivity contribution in [3.05, 3.63) is 18.2 Å². The van der Waals surface area contributed by atoms with Gasteiger partial charge in [-0.15, -0.1) is 0 Å². The van der Waals surface area contributed by atoms with E-state index in [2.05, 4.69) is 28.3 Å². The molecule has 1 aromatic heterocycles. The first-order valence-corrected chi connectivity index (χ1v) is 7.62. The lowest BCUT2D eigenvalue weighted by Gasteiger charge is -2.32. The highest BCUT2D eigenvalue weighted by Crippen LogP contribution is 2.37. The van der Waals surface area contributed by atoms with Crippen LogP contribution in [0, 0.1) is 5.92 Å². The predicted molar refractivity (Wildman–Crippen MR) is 80.6 cm³/mol. The molecule has 0 aromatic carbocycles. The van der Waals surface area contributed by atoms with Crippen LogP contribution in [0.1, 0.15) is 44.5 Å². The van der Waals surface area contributed by atoms with Crippen LogP contribution in [0.2, 0.25) is 0 Å². The predicted octanol–water partition coefficient (Wildman–Crippen LogP) is 1.82. The number of imidazole rings is 1. The molecule has 0 amide bonds. The van der Waals surface area contributed by atoms with Crippen LogP contribution in [0.5, 0.6) is 0 Å². The Morgan fingerprint density at radius 2 is 2.25 bits per heavy atom. The summed E-state index contributed by atoms with van der Waals surface area (Å²) in [6.07, 6.45) is 6.47. The summed E-state index contributed by atoms with van der Waals surface area (Å²) in [6.45, 7) is 7.78. The molecule has 1 unspecified atom stereocenters. The van der Waals surface area contributed by atoms with Crippen molar-refractivity contribution < 1.29 is 4.74 Å². The fraction of sp³-hybridized carbons (Fsp3) is 0.800. The molecule has 0 saturated heterocycles. The SMILES string of the molecule is COCCN(CC(C)C)C(CN)c1cncn1C1CC1. The average molecular weight is 280 g/mol. The van der Waals surface area contributed by atoms with Gasteiger partial charge in [0.15, 0.2) is 0 Å². The second-order valence-corrected chi connectivity index (χ2v) is 6.09. The lowest BCUT2D eigenvalue weighted by molar-refractivity contribution is 0.109. The maximum atomic E-state index is 6.08. The number of methoxy groups -OCH3 is 1. The number of nitrogens with zero attached hydrogens (tertiary/aromatic N) is 3. The Hall–Kier alpha value is -0.910. The van der Waals surface area contributed by atoms with E-state index in [9.17, 15) is 0 Å². The Kier molecular flexibility index (Phi) is 5.57. The van der Waals surface area contributed by atoms with E-state index in [1.807, 2.05) is 12.5 Å². The molecule has 1 aliphatic rings. The van der Waals surface area contributed by atoms with E-state index >= 15 is 0 Å². The molecule has 1 saturated carbocycles. The lowest BCUT2D eigenvalue weighted by Crippen LogP contribution is -2.39. The number of nitrogens with two attached hydrogens (primary N) is 1. The third-order valence-electron chi connectivity index (χ3n) is 3.82. The first-order valence-electron chi connectivity index (χ1n) is 7.62. The quantitative estimate of drug-likeness (QED) is 0.749. The fourth-order valence-corrected chi connectivity index (χ4v) is 2.74. The van der Waals surface area contributed by atoms with Crippen molar-refractivity contribution in [3.8, 4) is 0 Å². The summed E-state index contributed by atoms with van der Waals surface area (Å²) >= 11 is 0. The molecular weight excluding hydrogens is 252 g/mol. The molecule has 1 atom stereocenters. The summed E-state index contributed by atoms with van der Waals surface area (Å²) in [7, 11) is 1.75. The van der Waals surface area contributed by atoms with Crippen molar-refractivity contribution in [2.75, 3.05) is 33.4 Å². The van der Waals surface area contributed by atoms with Crippen molar-refractivity contribution in [1.82, 2.24) is 14.5 Å². The zero-order valence-electron chi connectivity index (χ0n) is 13.0. The number of hydrogen-bond donors (Lipinski definition) is 1. The molecule has 1 aromatic rings. The van der Waals surface area contributed by atoms with Crippen molar-refractivity contribution in [2.45, 2.75) is 38.8 Å². The Labute approximate surface area is 122 Å². The van der Waals surface area contributed by atoms with E-state index in [1.165, 1.54) is 18.5 Å². The maximum absolute atomic E-state index is 6.08. The first-order chi connectivity index (χ1) is 9.67. The normalized spacial score (nSPS) is 17.1. The van der Waals surface area contributed by atoms with Gasteiger partial charge in [0.25, 0.3) is 0 Å². The second kappa shape index (κ2) is 7.20. The van der Waals surface area contributed by atoms with Gasteiger partial charge in [-0.3, -0.25) is 4.90 Å². The van der Waals surface area contributed by atoms with Crippen LogP contribution in [-0.4, -0.2) is 47.8 Å². The fourth-order valence-electron chi connectivity index (χ4n) is 2.74. The van der Waals surface area contributed by atoms with Gasteiger partial charge < -0.3 is 15.0 Å². The highest BCUT2D eigenvalue weighted by molar-refractivity contribution is 5.10. The van der Waals surface area contributed by atoms with Gasteiger partial charge in [0.2, 0.25) is 0 Å². The number of aromatic nitrogens is 2. The molecule has 1 aliphatic carbocycles. The molecule has 0 aliphatic heterocycles. The summed E-state index contributed by atoms with van der Waals surface area (Å²) < 4.78 is 7.57. The van der Waals surface area contributed by atoms with E-state index in [0.717, 1.165) is 19.7 Å². The van der Waals surface area contributed by atoms with E-state index in [0.29, 0.717) is 18.5 Å². The zero-order chi connectivity index (χ0) is 14.5. The van der Waals surface area contributed by atoms with Gasteiger partial charge in [0.05, 0.1) is 24.7 Å². The van der Waals surface area contributed by atoms with E-state index in [4.69, 9.17) is 10.5 Å². The van der Waals surface area contributed by atoms with E-state index in [-0.39, 0.29) is 6.04 Å². The molecule has 5 heteroatoms. The summed E-state index contributed by atoms with van der Waals surface area (Å²) in [5, 5.41) is 0. The largest absolute Gasteiger partial charge is 0.383 e. The van der Waals surface area contributed by atoms with Gasteiger partial charge in [-0.05, 0) is 18.8 Å². The first kappa shape index (κ1) is 15.5. The third-order valence-corrected chi connectivity index (χ3v) is 3.82. The van der Waals surface area contributed by atoms with Crippen molar-refractivity contribution >= 4 is 0 Å². The van der Waals surface area contributed by atoms with E-state index < -0.39 is 0 Å². The number of rotatable bonds is 9. The highest BCUT2D eigenvalue weighted by atomic mass is 16.5. The van der Waals surface area contributed by atoms with Crippen LogP contribution in [0.15, 0.2) is 12.5 Å². The standard InChI is InChI=1S/C15H28N4O/c1-12(2)10-18(6-7-20-3)14(8-16)15-9-17-11-19(15)13-4-5-13/h9,11-14H,4-8,10,16H2,1-3H3. The molecule has 2 N–H and O–H groups in total. The minimum absolute atomic E-state index is 0.232. The Bertz CT molecular complexity index is 400. The Balaban J connectivity index is 2.14. The number of hydrogen-bond acceptors (Lipinski definition) is 4. The van der Waals surface area contributed by atoms with Crippen LogP contribution in [0.25, 0.3) is 0 Å². The van der Waals surface area contributed by atoms with Crippen LogP contribution in [0.4, 0.5) is 0 Å².